The van der Waals surface area contributed by atoms with Crippen molar-refractivity contribution in [2.24, 2.45) is 0 Å². The molecule has 0 atom stereocenters. The summed E-state index contributed by atoms with van der Waals surface area (Å²) in [4.78, 5) is 4.30. The average molecular weight is 309 g/mol. The van der Waals surface area contributed by atoms with Gasteiger partial charge in [0.15, 0.2) is 0 Å². The van der Waals surface area contributed by atoms with Crippen molar-refractivity contribution in [1.82, 2.24) is 10.2 Å². The van der Waals surface area contributed by atoms with Crippen LogP contribution >= 0.6 is 0 Å². The fourth-order valence-corrected chi connectivity index (χ4v) is 2.31. The number of ether oxygens (including phenoxy) is 1. The number of hydrogen-bond acceptors (Lipinski definition) is 5. The van der Waals surface area contributed by atoms with Gasteiger partial charge in [0, 0.05) is 32.7 Å². The van der Waals surface area contributed by atoms with Crippen LogP contribution in [0.2, 0.25) is 0 Å². The topological polar surface area (TPSA) is 48.0 Å². The Hall–Kier alpha value is -1.30. The van der Waals surface area contributed by atoms with E-state index in [0.29, 0.717) is 13.2 Å². The quantitative estimate of drug-likeness (QED) is 0.608. The summed E-state index contributed by atoms with van der Waals surface area (Å²) in [5, 5.41) is 12.6. The van der Waals surface area contributed by atoms with Crippen molar-refractivity contribution in [2.45, 2.75) is 20.4 Å². The van der Waals surface area contributed by atoms with Crippen LogP contribution in [0.4, 0.5) is 5.69 Å². The highest BCUT2D eigenvalue weighted by molar-refractivity contribution is 5.59. The minimum Gasteiger partial charge on any atom is -0.492 e. The Morgan fingerprint density at radius 1 is 1.18 bits per heavy atom. The van der Waals surface area contributed by atoms with Crippen LogP contribution in [0.3, 0.4) is 0 Å². The molecule has 0 heterocycles. The first-order chi connectivity index (χ1) is 10.6. The first-order valence-electron chi connectivity index (χ1n) is 8.09. The fourth-order valence-electron chi connectivity index (χ4n) is 2.31. The number of nitrogens with one attached hydrogen (secondary N) is 1. The fraction of sp³-hybridized carbons (Fsp3) is 0.647. The highest BCUT2D eigenvalue weighted by atomic mass is 16.5. The molecule has 0 saturated heterocycles. The van der Waals surface area contributed by atoms with Gasteiger partial charge in [0.25, 0.3) is 0 Å². The molecule has 1 aromatic carbocycles. The van der Waals surface area contributed by atoms with Gasteiger partial charge < -0.3 is 25.0 Å². The predicted molar refractivity (Wildman–Crippen MR) is 92.8 cm³/mol. The van der Waals surface area contributed by atoms with E-state index in [2.05, 4.69) is 54.3 Å². The van der Waals surface area contributed by atoms with E-state index in [4.69, 9.17) is 4.74 Å². The van der Waals surface area contributed by atoms with Gasteiger partial charge in [-0.3, -0.25) is 0 Å². The maximum absolute atomic E-state index is 9.20. The average Bonchev–Trinajstić information content (AvgIpc) is 2.50. The Kier molecular flexibility index (Phi) is 8.89. The van der Waals surface area contributed by atoms with E-state index in [9.17, 15) is 5.11 Å². The third kappa shape index (κ3) is 6.22. The number of hydrogen-bond donors (Lipinski definition) is 2. The molecular weight excluding hydrogens is 278 g/mol. The molecule has 126 valence electrons. The van der Waals surface area contributed by atoms with Crippen LogP contribution in [0.25, 0.3) is 0 Å². The summed E-state index contributed by atoms with van der Waals surface area (Å²) >= 11 is 0. The molecule has 5 heteroatoms. The molecule has 0 aliphatic heterocycles. The van der Waals surface area contributed by atoms with Gasteiger partial charge in [-0.1, -0.05) is 6.07 Å². The van der Waals surface area contributed by atoms with E-state index in [-0.39, 0.29) is 6.61 Å². The lowest BCUT2D eigenvalue weighted by atomic mass is 10.1. The molecule has 0 aromatic heterocycles. The van der Waals surface area contributed by atoms with E-state index in [1.165, 1.54) is 5.56 Å². The van der Waals surface area contributed by atoms with Gasteiger partial charge in [0.05, 0.1) is 18.9 Å². The minimum atomic E-state index is 0.146. The first-order valence-corrected chi connectivity index (χ1v) is 8.09. The molecule has 2 N–H and O–H groups in total. The van der Waals surface area contributed by atoms with Crippen molar-refractivity contribution in [2.75, 3.05) is 58.4 Å². The van der Waals surface area contributed by atoms with Crippen LogP contribution < -0.4 is 15.0 Å². The number of rotatable bonds is 11. The molecule has 5 nitrogen and oxygen atoms in total. The van der Waals surface area contributed by atoms with Gasteiger partial charge >= 0.3 is 0 Å². The molecule has 0 aliphatic rings. The number of nitrogens with zero attached hydrogens (tertiary/aromatic N) is 2. The largest absolute Gasteiger partial charge is 0.492 e. The van der Waals surface area contributed by atoms with Gasteiger partial charge in [0.2, 0.25) is 0 Å². The number of anilines is 1. The van der Waals surface area contributed by atoms with Crippen LogP contribution in [0.15, 0.2) is 18.2 Å². The lowest BCUT2D eigenvalue weighted by Crippen LogP contribution is -2.27. The third-order valence-electron chi connectivity index (χ3n) is 3.48. The van der Waals surface area contributed by atoms with Gasteiger partial charge in [-0.05, 0) is 45.6 Å². The number of likely N-dealkylation sites (N-methyl/N-ethyl adjacent to an activating group) is 2. The maximum Gasteiger partial charge on any atom is 0.142 e. The molecule has 1 aromatic rings. The second-order valence-electron chi connectivity index (χ2n) is 5.52. The third-order valence-corrected chi connectivity index (χ3v) is 3.48. The predicted octanol–water partition coefficient (Wildman–Crippen LogP) is 1.56. The van der Waals surface area contributed by atoms with E-state index in [0.717, 1.165) is 37.6 Å². The molecular formula is C17H31N3O2. The lowest BCUT2D eigenvalue weighted by Gasteiger charge is -2.25. The van der Waals surface area contributed by atoms with Gasteiger partial charge in [-0.2, -0.15) is 0 Å². The van der Waals surface area contributed by atoms with Crippen molar-refractivity contribution >= 4 is 5.69 Å². The molecule has 22 heavy (non-hydrogen) atoms. The molecule has 0 spiro atoms. The molecule has 0 saturated carbocycles. The normalized spacial score (nSPS) is 11.0. The van der Waals surface area contributed by atoms with Crippen molar-refractivity contribution < 1.29 is 9.84 Å². The summed E-state index contributed by atoms with van der Waals surface area (Å²) in [5.74, 6) is 0.893. The zero-order valence-electron chi connectivity index (χ0n) is 14.4. The molecule has 1 rings (SSSR count). The number of aliphatic hydroxyl groups is 1. The molecule has 0 unspecified atom stereocenters. The Morgan fingerprint density at radius 2 is 1.95 bits per heavy atom. The van der Waals surface area contributed by atoms with Crippen LogP contribution in [0.1, 0.15) is 19.4 Å². The Balaban J connectivity index is 2.75. The Morgan fingerprint density at radius 3 is 2.55 bits per heavy atom. The van der Waals surface area contributed by atoms with Crippen molar-refractivity contribution in [3.8, 4) is 5.75 Å². The molecule has 0 aliphatic carbocycles. The van der Waals surface area contributed by atoms with Gasteiger partial charge in [-0.25, -0.2) is 0 Å². The molecule has 0 bridgehead atoms. The van der Waals surface area contributed by atoms with Crippen LogP contribution in [-0.4, -0.2) is 63.5 Å². The van der Waals surface area contributed by atoms with Crippen molar-refractivity contribution in [3.63, 3.8) is 0 Å². The SMILES string of the molecule is CCOc1cc(CNCCN(C)C)ccc1N(CC)CCO. The van der Waals surface area contributed by atoms with E-state index >= 15 is 0 Å². The molecule has 0 radical (unpaired) electrons. The zero-order chi connectivity index (χ0) is 16.4. The Labute approximate surface area is 134 Å². The van der Waals surface area contributed by atoms with Crippen molar-refractivity contribution in [3.05, 3.63) is 23.8 Å². The van der Waals surface area contributed by atoms with Crippen LogP contribution in [0.5, 0.6) is 5.75 Å². The summed E-state index contributed by atoms with van der Waals surface area (Å²) in [5.41, 5.74) is 2.27. The van der Waals surface area contributed by atoms with E-state index in [1.807, 2.05) is 6.92 Å². The first kappa shape index (κ1) is 18.7. The smallest absolute Gasteiger partial charge is 0.142 e. The monoisotopic (exact) mass is 309 g/mol. The van der Waals surface area contributed by atoms with E-state index in [1.54, 1.807) is 0 Å². The van der Waals surface area contributed by atoms with E-state index < -0.39 is 0 Å². The zero-order valence-corrected chi connectivity index (χ0v) is 14.4. The summed E-state index contributed by atoms with van der Waals surface area (Å²) < 4.78 is 5.79. The lowest BCUT2D eigenvalue weighted by molar-refractivity contribution is 0.300. The van der Waals surface area contributed by atoms with Crippen molar-refractivity contribution in [1.29, 1.82) is 0 Å². The standard InChI is InChI=1S/C17H31N3O2/c1-5-20(11-12-21)16-8-7-15(13-17(16)22-6-2)14-18-9-10-19(3)4/h7-8,13,18,21H,5-6,9-12,14H2,1-4H3. The summed E-state index contributed by atoms with van der Waals surface area (Å²) in [7, 11) is 4.15. The van der Waals surface area contributed by atoms with Gasteiger partial charge in [-0.15, -0.1) is 0 Å². The van der Waals surface area contributed by atoms with Gasteiger partial charge in [0.1, 0.15) is 5.75 Å². The van der Waals surface area contributed by atoms with Crippen LogP contribution in [0, 0.1) is 0 Å². The summed E-state index contributed by atoms with van der Waals surface area (Å²) in [6.07, 6.45) is 0. The molecule has 0 amide bonds. The summed E-state index contributed by atoms with van der Waals surface area (Å²) in [6, 6.07) is 6.31. The number of benzene rings is 1. The second kappa shape index (κ2) is 10.4. The maximum atomic E-state index is 9.20. The van der Waals surface area contributed by atoms with Crippen LogP contribution in [-0.2, 0) is 6.54 Å². The second-order valence-corrected chi connectivity index (χ2v) is 5.52. The number of aliphatic hydroxyl groups excluding tert-OH is 1. The summed E-state index contributed by atoms with van der Waals surface area (Å²) in [6.45, 7) is 9.16. The minimum absolute atomic E-state index is 0.146. The Bertz CT molecular complexity index is 424. The molecule has 0 fully saturated rings. The highest BCUT2D eigenvalue weighted by Gasteiger charge is 2.11. The highest BCUT2D eigenvalue weighted by Crippen LogP contribution is 2.29.